The lowest BCUT2D eigenvalue weighted by molar-refractivity contribution is -0.149. The first-order valence-electron chi connectivity index (χ1n) is 4.97. The zero-order valence-electron chi connectivity index (χ0n) is 8.68. The molecule has 0 aliphatic carbocycles. The van der Waals surface area contributed by atoms with Gasteiger partial charge in [-0.1, -0.05) is 32.8 Å². The van der Waals surface area contributed by atoms with Gasteiger partial charge in [0.05, 0.1) is 5.41 Å². The molecule has 0 aliphatic heterocycles. The zero-order chi connectivity index (χ0) is 10.3. The summed E-state index contributed by atoms with van der Waals surface area (Å²) in [6.45, 7) is 7.64. The standard InChI is InChI=1S/C11H20O2/c1-4-7-9-11(6-3,8-5-2)10(12)13/h5H,2,4,6-9H2,1,3H3,(H,12,13). The van der Waals surface area contributed by atoms with E-state index in [1.165, 1.54) is 0 Å². The maximum Gasteiger partial charge on any atom is 0.309 e. The van der Waals surface area contributed by atoms with E-state index in [2.05, 4.69) is 13.5 Å². The predicted molar refractivity (Wildman–Crippen MR) is 54.7 cm³/mol. The van der Waals surface area contributed by atoms with Crippen LogP contribution in [-0.2, 0) is 4.79 Å². The molecule has 0 amide bonds. The van der Waals surface area contributed by atoms with Crippen LogP contribution in [0.3, 0.4) is 0 Å². The normalized spacial score (nSPS) is 14.9. The molecular formula is C11H20O2. The summed E-state index contributed by atoms with van der Waals surface area (Å²) < 4.78 is 0. The third kappa shape index (κ3) is 3.21. The van der Waals surface area contributed by atoms with E-state index in [1.807, 2.05) is 6.92 Å². The Morgan fingerprint density at radius 3 is 2.46 bits per heavy atom. The molecule has 1 unspecified atom stereocenters. The molecule has 0 saturated heterocycles. The summed E-state index contributed by atoms with van der Waals surface area (Å²) in [7, 11) is 0. The average molecular weight is 184 g/mol. The van der Waals surface area contributed by atoms with Crippen molar-refractivity contribution in [1.82, 2.24) is 0 Å². The molecule has 0 fully saturated rings. The first kappa shape index (κ1) is 12.2. The molecule has 0 radical (unpaired) electrons. The van der Waals surface area contributed by atoms with Crippen LogP contribution in [-0.4, -0.2) is 11.1 Å². The number of rotatable bonds is 7. The minimum Gasteiger partial charge on any atom is -0.481 e. The number of aliphatic carboxylic acids is 1. The van der Waals surface area contributed by atoms with E-state index in [4.69, 9.17) is 5.11 Å². The van der Waals surface area contributed by atoms with Gasteiger partial charge in [0.2, 0.25) is 0 Å². The number of hydrogen-bond acceptors (Lipinski definition) is 1. The van der Waals surface area contributed by atoms with Crippen molar-refractivity contribution in [2.45, 2.75) is 46.0 Å². The average Bonchev–Trinajstić information content (AvgIpc) is 2.12. The van der Waals surface area contributed by atoms with Gasteiger partial charge < -0.3 is 5.11 Å². The maximum atomic E-state index is 11.1. The van der Waals surface area contributed by atoms with E-state index >= 15 is 0 Å². The van der Waals surface area contributed by atoms with Crippen molar-refractivity contribution in [2.75, 3.05) is 0 Å². The molecule has 2 nitrogen and oxygen atoms in total. The Labute approximate surface area is 80.7 Å². The molecule has 0 aromatic carbocycles. The monoisotopic (exact) mass is 184 g/mol. The van der Waals surface area contributed by atoms with Gasteiger partial charge in [0.15, 0.2) is 0 Å². The number of carbonyl (C=O) groups is 1. The summed E-state index contributed by atoms with van der Waals surface area (Å²) in [6.07, 6.45) is 5.78. The van der Waals surface area contributed by atoms with Gasteiger partial charge in [-0.25, -0.2) is 0 Å². The number of carboxylic acids is 1. The van der Waals surface area contributed by atoms with Gasteiger partial charge in [-0.2, -0.15) is 0 Å². The van der Waals surface area contributed by atoms with E-state index < -0.39 is 11.4 Å². The topological polar surface area (TPSA) is 37.3 Å². The Balaban J connectivity index is 4.43. The molecule has 0 aliphatic rings. The van der Waals surface area contributed by atoms with Gasteiger partial charge >= 0.3 is 5.97 Å². The Bertz CT molecular complexity index is 175. The van der Waals surface area contributed by atoms with Crippen LogP contribution in [0.15, 0.2) is 12.7 Å². The molecule has 2 heteroatoms. The van der Waals surface area contributed by atoms with Gasteiger partial charge in [-0.3, -0.25) is 4.79 Å². The predicted octanol–water partition coefficient (Wildman–Crippen LogP) is 3.23. The van der Waals surface area contributed by atoms with Crippen molar-refractivity contribution in [3.63, 3.8) is 0 Å². The van der Waals surface area contributed by atoms with E-state index in [-0.39, 0.29) is 0 Å². The second kappa shape index (κ2) is 5.79. The van der Waals surface area contributed by atoms with Crippen molar-refractivity contribution in [3.8, 4) is 0 Å². The fourth-order valence-electron chi connectivity index (χ4n) is 1.56. The Kier molecular flexibility index (Phi) is 5.44. The van der Waals surface area contributed by atoms with Gasteiger partial charge in [-0.15, -0.1) is 6.58 Å². The van der Waals surface area contributed by atoms with E-state index in [0.29, 0.717) is 12.8 Å². The van der Waals surface area contributed by atoms with Crippen LogP contribution in [0.2, 0.25) is 0 Å². The molecule has 1 N–H and O–H groups in total. The lowest BCUT2D eigenvalue weighted by atomic mass is 9.77. The quantitative estimate of drug-likeness (QED) is 0.617. The number of unbranched alkanes of at least 4 members (excludes halogenated alkanes) is 1. The van der Waals surface area contributed by atoms with Gasteiger partial charge in [-0.05, 0) is 19.3 Å². The van der Waals surface area contributed by atoms with E-state index in [0.717, 1.165) is 19.3 Å². The number of carboxylic acid groups (broad SMARTS) is 1. The molecule has 0 spiro atoms. The van der Waals surface area contributed by atoms with E-state index in [9.17, 15) is 4.79 Å². The summed E-state index contributed by atoms with van der Waals surface area (Å²) in [5, 5.41) is 9.13. The summed E-state index contributed by atoms with van der Waals surface area (Å²) in [4.78, 5) is 11.1. The maximum absolute atomic E-state index is 11.1. The summed E-state index contributed by atoms with van der Waals surface area (Å²) in [6, 6.07) is 0. The molecule has 76 valence electrons. The molecule has 0 bridgehead atoms. The SMILES string of the molecule is C=CCC(CC)(CCCC)C(=O)O. The largest absolute Gasteiger partial charge is 0.481 e. The Morgan fingerprint density at radius 1 is 1.54 bits per heavy atom. The van der Waals surface area contributed by atoms with Crippen LogP contribution in [0.4, 0.5) is 0 Å². The first-order chi connectivity index (χ1) is 6.13. The van der Waals surface area contributed by atoms with Crippen molar-refractivity contribution in [1.29, 1.82) is 0 Å². The van der Waals surface area contributed by atoms with Gasteiger partial charge in [0.1, 0.15) is 0 Å². The molecule has 0 heterocycles. The van der Waals surface area contributed by atoms with Crippen LogP contribution in [0.5, 0.6) is 0 Å². The van der Waals surface area contributed by atoms with Crippen LogP contribution >= 0.6 is 0 Å². The lowest BCUT2D eigenvalue weighted by Crippen LogP contribution is -2.29. The second-order valence-corrected chi connectivity index (χ2v) is 3.54. The summed E-state index contributed by atoms with van der Waals surface area (Å²) in [5.41, 5.74) is -0.558. The fourth-order valence-corrected chi connectivity index (χ4v) is 1.56. The molecular weight excluding hydrogens is 164 g/mol. The molecule has 13 heavy (non-hydrogen) atoms. The highest BCUT2D eigenvalue weighted by Crippen LogP contribution is 2.33. The highest BCUT2D eigenvalue weighted by atomic mass is 16.4. The second-order valence-electron chi connectivity index (χ2n) is 3.54. The van der Waals surface area contributed by atoms with Gasteiger partial charge in [0, 0.05) is 0 Å². The lowest BCUT2D eigenvalue weighted by Gasteiger charge is -2.26. The van der Waals surface area contributed by atoms with Crippen LogP contribution in [0.1, 0.15) is 46.0 Å². The Morgan fingerprint density at radius 2 is 2.15 bits per heavy atom. The van der Waals surface area contributed by atoms with Crippen molar-refractivity contribution >= 4 is 5.97 Å². The van der Waals surface area contributed by atoms with Crippen molar-refractivity contribution in [2.24, 2.45) is 5.41 Å². The third-order valence-corrected chi connectivity index (χ3v) is 2.67. The molecule has 1 atom stereocenters. The van der Waals surface area contributed by atoms with E-state index in [1.54, 1.807) is 6.08 Å². The fraction of sp³-hybridized carbons (Fsp3) is 0.727. The first-order valence-corrected chi connectivity index (χ1v) is 4.97. The highest BCUT2D eigenvalue weighted by Gasteiger charge is 2.34. The third-order valence-electron chi connectivity index (χ3n) is 2.67. The minimum absolute atomic E-state index is 0.558. The smallest absolute Gasteiger partial charge is 0.309 e. The van der Waals surface area contributed by atoms with Crippen molar-refractivity contribution < 1.29 is 9.90 Å². The molecule has 0 aromatic heterocycles. The molecule has 0 aromatic rings. The van der Waals surface area contributed by atoms with Crippen molar-refractivity contribution in [3.05, 3.63) is 12.7 Å². The molecule has 0 saturated carbocycles. The van der Waals surface area contributed by atoms with Crippen LogP contribution < -0.4 is 0 Å². The number of hydrogen-bond donors (Lipinski definition) is 1. The molecule has 0 rings (SSSR count). The van der Waals surface area contributed by atoms with Crippen LogP contribution in [0.25, 0.3) is 0 Å². The highest BCUT2D eigenvalue weighted by molar-refractivity contribution is 5.74. The van der Waals surface area contributed by atoms with Crippen LogP contribution in [0, 0.1) is 5.41 Å². The summed E-state index contributed by atoms with van der Waals surface area (Å²) >= 11 is 0. The van der Waals surface area contributed by atoms with Gasteiger partial charge in [0.25, 0.3) is 0 Å². The zero-order valence-corrected chi connectivity index (χ0v) is 8.68. The minimum atomic E-state index is -0.677. The number of allylic oxidation sites excluding steroid dienone is 1. The Hall–Kier alpha value is -0.790. The summed E-state index contributed by atoms with van der Waals surface area (Å²) in [5.74, 6) is -0.677.